The van der Waals surface area contributed by atoms with E-state index in [9.17, 15) is 28.8 Å². The molecule has 0 unspecified atom stereocenters. The number of pyridine rings is 2. The molecule has 0 saturated carbocycles. The van der Waals surface area contributed by atoms with E-state index in [4.69, 9.17) is 39.3 Å². The summed E-state index contributed by atoms with van der Waals surface area (Å²) < 4.78 is 32.4. The smallest absolute Gasteiger partial charge is 0.408 e. The molecule has 70 heavy (non-hydrogen) atoms. The van der Waals surface area contributed by atoms with Crippen molar-refractivity contribution >= 4 is 91.5 Å². The number of methoxy groups -OCH3 is 2. The molecule has 6 rings (SSSR count). The van der Waals surface area contributed by atoms with E-state index in [1.165, 1.54) is 22.7 Å². The standard InChI is InChI=1S/C24H27N3O6S.C15H22N2O4.C9H7NO3S.ClH/c1-3-4-12-32-23(29)18(27-24(30)33-15-16-8-6-5-7-9-16)14-26-22(28)20-13-17-21(34-20)19(31-2)10-11-25-17;1-2-3-9-20-14(18)13(10-16)17-15(19)21-11-12-7-5-4-6-8-12;1-13-6-2-3-10-5-4-7(9(11)12)14-8(5)6;/h5-11,13,18H,3-4,12,14-15H2,1-2H3,(H,26,28)(H,27,30);4-8,13H,2-3,9-11,16H2,1H3,(H,17,19);2-4H,1H3,(H,11,12);1H/t18-;13-;;/m11../s1. The zero-order valence-corrected chi connectivity index (χ0v) is 41.5. The van der Waals surface area contributed by atoms with Gasteiger partial charge in [-0.3, -0.25) is 14.8 Å². The fourth-order valence-corrected chi connectivity index (χ4v) is 7.68. The summed E-state index contributed by atoms with van der Waals surface area (Å²) in [4.78, 5) is 80.6. The second kappa shape index (κ2) is 31.1. The van der Waals surface area contributed by atoms with Gasteiger partial charge in [0.05, 0.1) is 52.7 Å². The third-order valence-electron chi connectivity index (χ3n) is 9.39. The maximum atomic E-state index is 12.7. The number of thiophene rings is 2. The summed E-state index contributed by atoms with van der Waals surface area (Å²) in [5.41, 5.74) is 8.42. The number of aromatic carboxylic acids is 1. The number of rotatable bonds is 21. The van der Waals surface area contributed by atoms with Gasteiger partial charge in [0.2, 0.25) is 0 Å². The summed E-state index contributed by atoms with van der Waals surface area (Å²) in [6.07, 6.45) is 4.97. The summed E-state index contributed by atoms with van der Waals surface area (Å²) in [5, 5.41) is 16.4. The highest BCUT2D eigenvalue weighted by Crippen LogP contribution is 2.33. The van der Waals surface area contributed by atoms with Crippen molar-refractivity contribution in [2.45, 2.75) is 64.8 Å². The molecule has 0 bridgehead atoms. The molecule has 6 N–H and O–H groups in total. The molecule has 6 aromatic rings. The van der Waals surface area contributed by atoms with Crippen molar-refractivity contribution in [1.82, 2.24) is 25.9 Å². The number of carbonyl (C=O) groups excluding carboxylic acids is 5. The number of nitrogens with one attached hydrogen (secondary N) is 3. The molecule has 19 nitrogen and oxygen atoms in total. The fraction of sp³-hybridized carbons (Fsp3) is 0.333. The molecule has 2 aromatic carbocycles. The number of hydrogen-bond donors (Lipinski definition) is 5. The Morgan fingerprint density at radius 1 is 0.643 bits per heavy atom. The number of hydrogen-bond acceptors (Lipinski definition) is 17. The van der Waals surface area contributed by atoms with Gasteiger partial charge in [-0.15, -0.1) is 35.1 Å². The van der Waals surface area contributed by atoms with Crippen molar-refractivity contribution in [3.8, 4) is 11.5 Å². The van der Waals surface area contributed by atoms with Crippen LogP contribution in [0.2, 0.25) is 0 Å². The van der Waals surface area contributed by atoms with Crippen LogP contribution in [0.1, 0.15) is 70.0 Å². The van der Waals surface area contributed by atoms with Crippen LogP contribution in [0, 0.1) is 0 Å². The van der Waals surface area contributed by atoms with Crippen LogP contribution in [0.25, 0.3) is 20.4 Å². The lowest BCUT2D eigenvalue weighted by Gasteiger charge is -2.18. The lowest BCUT2D eigenvalue weighted by atomic mass is 10.2. The molecule has 0 aliphatic heterocycles. The lowest BCUT2D eigenvalue weighted by Crippen LogP contribution is -2.49. The quantitative estimate of drug-likeness (QED) is 0.0263. The van der Waals surface area contributed by atoms with Crippen LogP contribution in [0.3, 0.4) is 0 Å². The number of esters is 2. The van der Waals surface area contributed by atoms with Crippen molar-refractivity contribution in [3.05, 3.63) is 118 Å². The van der Waals surface area contributed by atoms with Crippen LogP contribution in [0.15, 0.2) is 97.3 Å². The Balaban J connectivity index is 0.000000305. The van der Waals surface area contributed by atoms with Crippen LogP contribution in [-0.4, -0.2) is 104 Å². The maximum Gasteiger partial charge on any atom is 0.408 e. The van der Waals surface area contributed by atoms with Gasteiger partial charge < -0.3 is 55.2 Å². The van der Waals surface area contributed by atoms with Gasteiger partial charge in [0.1, 0.15) is 41.7 Å². The highest BCUT2D eigenvalue weighted by Gasteiger charge is 2.25. The van der Waals surface area contributed by atoms with Crippen LogP contribution in [0.5, 0.6) is 11.5 Å². The number of unbranched alkanes of at least 4 members (excludes halogenated alkanes) is 2. The van der Waals surface area contributed by atoms with E-state index in [1.54, 1.807) is 50.9 Å². The molecule has 3 amide bonds. The maximum absolute atomic E-state index is 12.7. The number of halogens is 1. The van der Waals surface area contributed by atoms with Crippen molar-refractivity contribution in [3.63, 3.8) is 0 Å². The van der Waals surface area contributed by atoms with Crippen molar-refractivity contribution in [1.29, 1.82) is 0 Å². The number of alkyl carbamates (subject to hydrolysis) is 2. The average Bonchev–Trinajstić information content (AvgIpc) is 4.03. The third kappa shape index (κ3) is 18.8. The van der Waals surface area contributed by atoms with Crippen molar-refractivity contribution in [2.24, 2.45) is 5.73 Å². The predicted octanol–water partition coefficient (Wildman–Crippen LogP) is 7.68. The van der Waals surface area contributed by atoms with Gasteiger partial charge in [-0.25, -0.2) is 24.0 Å². The number of ether oxygens (including phenoxy) is 6. The van der Waals surface area contributed by atoms with E-state index < -0.39 is 48.1 Å². The molecule has 4 heterocycles. The summed E-state index contributed by atoms with van der Waals surface area (Å²) in [6.45, 7) is 4.50. The molecule has 0 aliphatic rings. The number of carbonyl (C=O) groups is 6. The Morgan fingerprint density at radius 3 is 1.53 bits per heavy atom. The molecular formula is C48H57ClN6O13S2. The number of carboxylic acid groups (broad SMARTS) is 1. The Hall–Kier alpha value is -7.07. The summed E-state index contributed by atoms with van der Waals surface area (Å²) in [5.74, 6) is -1.25. The normalized spacial score (nSPS) is 11.1. The number of carboxylic acids is 1. The van der Waals surface area contributed by atoms with E-state index in [0.29, 0.717) is 40.4 Å². The zero-order valence-electron chi connectivity index (χ0n) is 39.0. The SMILES string of the molecule is CCCCOC(=O)[C@@H](CN)NC(=O)OCc1ccccc1.CCCCOC(=O)[C@@H](CNC(=O)c1cc2nccc(OC)c2s1)NC(=O)OCc1ccccc1.COc1ccnc2cc(C(=O)O)sc12.Cl. The first-order chi connectivity index (χ1) is 33.4. The van der Waals surface area contributed by atoms with E-state index in [0.717, 1.165) is 39.8 Å². The number of aromatic nitrogens is 2. The minimum atomic E-state index is -1.11. The fourth-order valence-electron chi connectivity index (χ4n) is 5.71. The topological polar surface area (TPSA) is 266 Å². The second-order valence-corrected chi connectivity index (χ2v) is 16.6. The molecule has 0 aliphatic carbocycles. The number of benzene rings is 2. The number of nitrogens with two attached hydrogens (primary N) is 1. The summed E-state index contributed by atoms with van der Waals surface area (Å²) in [6, 6.07) is 23.1. The van der Waals surface area contributed by atoms with Crippen molar-refractivity contribution in [2.75, 3.05) is 40.5 Å². The van der Waals surface area contributed by atoms with Gasteiger partial charge in [0.25, 0.3) is 5.91 Å². The Kier molecular flexibility index (Phi) is 25.5. The summed E-state index contributed by atoms with van der Waals surface area (Å²) in [7, 11) is 3.10. The number of nitrogens with zero attached hydrogens (tertiary/aromatic N) is 2. The van der Waals surface area contributed by atoms with E-state index >= 15 is 0 Å². The molecule has 0 radical (unpaired) electrons. The van der Waals surface area contributed by atoms with Crippen LogP contribution < -0.4 is 31.2 Å². The average molecular weight is 1030 g/mol. The van der Waals surface area contributed by atoms with Crippen molar-refractivity contribution < 1.29 is 62.3 Å². The predicted molar refractivity (Wildman–Crippen MR) is 267 cm³/mol. The third-order valence-corrected chi connectivity index (χ3v) is 11.7. The van der Waals surface area contributed by atoms with Crippen LogP contribution in [0.4, 0.5) is 9.59 Å². The minimum absolute atomic E-state index is 0. The molecule has 4 aromatic heterocycles. The molecule has 376 valence electrons. The highest BCUT2D eigenvalue weighted by molar-refractivity contribution is 7.21. The molecule has 0 saturated heterocycles. The Bertz CT molecular complexity index is 2580. The second-order valence-electron chi connectivity index (χ2n) is 14.5. The van der Waals surface area contributed by atoms with E-state index in [1.807, 2.05) is 74.5 Å². The van der Waals surface area contributed by atoms with Gasteiger partial charge in [-0.2, -0.15) is 0 Å². The Labute approximate surface area is 418 Å². The summed E-state index contributed by atoms with van der Waals surface area (Å²) >= 11 is 2.39. The van der Waals surface area contributed by atoms with Gasteiger partial charge in [-0.1, -0.05) is 87.4 Å². The number of amides is 3. The van der Waals surface area contributed by atoms with Gasteiger partial charge >= 0.3 is 30.1 Å². The van der Waals surface area contributed by atoms with E-state index in [-0.39, 0.29) is 50.2 Å². The molecule has 0 spiro atoms. The van der Waals surface area contributed by atoms with Crippen LogP contribution in [-0.2, 0) is 41.8 Å². The van der Waals surface area contributed by atoms with Gasteiger partial charge in [-0.05, 0) is 48.2 Å². The molecule has 0 fully saturated rings. The van der Waals surface area contributed by atoms with Crippen LogP contribution >= 0.6 is 35.1 Å². The van der Waals surface area contributed by atoms with Gasteiger partial charge in [0.15, 0.2) is 0 Å². The Morgan fingerprint density at radius 2 is 1.09 bits per heavy atom. The molecule has 2 atom stereocenters. The zero-order chi connectivity index (χ0) is 50.0. The first-order valence-corrected chi connectivity index (χ1v) is 23.4. The van der Waals surface area contributed by atoms with Gasteiger partial charge in [0, 0.05) is 25.5 Å². The molecule has 22 heteroatoms. The monoisotopic (exact) mass is 1020 g/mol. The lowest BCUT2D eigenvalue weighted by molar-refractivity contribution is -0.146. The molecular weight excluding hydrogens is 968 g/mol. The first kappa shape index (κ1) is 57.2. The largest absolute Gasteiger partial charge is 0.495 e. The highest BCUT2D eigenvalue weighted by atomic mass is 35.5. The first-order valence-electron chi connectivity index (χ1n) is 21.7. The number of fused-ring (bicyclic) bond motifs is 2. The van der Waals surface area contributed by atoms with E-state index in [2.05, 4.69) is 25.9 Å². The minimum Gasteiger partial charge on any atom is -0.495 e.